The Morgan fingerprint density at radius 3 is 2.27 bits per heavy atom. The van der Waals surface area contributed by atoms with Gasteiger partial charge in [-0.25, -0.2) is 0 Å². The third-order valence-corrected chi connectivity index (χ3v) is 16.9. The second-order valence-corrected chi connectivity index (χ2v) is 21.7. The molecule has 5 N–H and O–H groups in total. The highest BCUT2D eigenvalue weighted by molar-refractivity contribution is 6.33. The predicted molar refractivity (Wildman–Crippen MR) is 254 cm³/mol. The lowest BCUT2D eigenvalue weighted by Gasteiger charge is -2.56. The molecule has 12 nitrogen and oxygen atoms in total. The predicted octanol–water partition coefficient (Wildman–Crippen LogP) is 6.94. The first-order valence-corrected chi connectivity index (χ1v) is 26.6. The summed E-state index contributed by atoms with van der Waals surface area (Å²) < 4.78 is 12.8. The Morgan fingerprint density at radius 2 is 1.59 bits per heavy atom. The Kier molecular flexibility index (Phi) is 17.6. The van der Waals surface area contributed by atoms with Crippen molar-refractivity contribution in [2.24, 2.45) is 23.2 Å². The van der Waals surface area contributed by atoms with Gasteiger partial charge in [-0.05, 0) is 74.5 Å². The maximum atomic E-state index is 14.9. The van der Waals surface area contributed by atoms with E-state index in [9.17, 15) is 14.7 Å². The first-order valence-electron chi connectivity index (χ1n) is 26.2. The fourth-order valence-electron chi connectivity index (χ4n) is 12.4. The van der Waals surface area contributed by atoms with Crippen LogP contribution in [-0.4, -0.2) is 127 Å². The van der Waals surface area contributed by atoms with Gasteiger partial charge in [-0.1, -0.05) is 115 Å². The molecule has 1 aromatic rings. The van der Waals surface area contributed by atoms with Crippen molar-refractivity contribution in [3.05, 3.63) is 28.3 Å². The second kappa shape index (κ2) is 23.3. The first kappa shape index (κ1) is 48.4. The van der Waals surface area contributed by atoms with Crippen LogP contribution in [0.5, 0.6) is 5.75 Å². The van der Waals surface area contributed by atoms with Crippen molar-refractivity contribution in [3.8, 4) is 5.75 Å². The minimum atomic E-state index is -0.692. The summed E-state index contributed by atoms with van der Waals surface area (Å²) in [4.78, 5) is 34.5. The maximum Gasteiger partial charge on any atom is 0.225 e. The fraction of sp³-hybridized carbons (Fsp3) is 0.843. The first-order chi connectivity index (χ1) is 31.2. The molecule has 7 aliphatic rings. The van der Waals surface area contributed by atoms with Crippen LogP contribution in [0.1, 0.15) is 153 Å². The number of carbonyl (C=O) groups is 2. The van der Waals surface area contributed by atoms with Crippen LogP contribution in [0.4, 0.5) is 0 Å². The van der Waals surface area contributed by atoms with Crippen LogP contribution >= 0.6 is 11.6 Å². The van der Waals surface area contributed by atoms with E-state index in [-0.39, 0.29) is 60.3 Å². The SMILES string of the molecule is CC(C)C(=O)N1CCN(C2CC(C(=O)NC[C@H](O)CN3CCc4c(ccc(OCC5CNC(C6CCCCCCC6)O5)c4Cl)C3)C3(CCCCCCCCC3)C(NC3CCC3)N2)CC1. The molecular weight excluding hydrogens is 826 g/mol. The highest BCUT2D eigenvalue weighted by Gasteiger charge is 2.54. The molecule has 1 aromatic carbocycles. The highest BCUT2D eigenvalue weighted by atomic mass is 35.5. The number of fused-ring (bicyclic) bond motifs is 1. The van der Waals surface area contributed by atoms with E-state index in [0.717, 1.165) is 89.1 Å². The number of carbonyl (C=O) groups excluding carboxylic acids is 2. The molecule has 6 atom stereocenters. The number of nitrogens with one attached hydrogen (secondary N) is 4. The van der Waals surface area contributed by atoms with Gasteiger partial charge in [-0.15, -0.1) is 0 Å². The summed E-state index contributed by atoms with van der Waals surface area (Å²) in [6.07, 6.45) is 24.4. The molecule has 3 aliphatic carbocycles. The Hall–Kier alpha value is -2.03. The number of nitrogens with zero attached hydrogens (tertiary/aromatic N) is 3. The van der Waals surface area contributed by atoms with Gasteiger partial charge in [-0.3, -0.25) is 35.3 Å². The highest BCUT2D eigenvalue weighted by Crippen LogP contribution is 2.48. The number of benzene rings is 1. The zero-order chi connectivity index (χ0) is 44.5. The van der Waals surface area contributed by atoms with Crippen molar-refractivity contribution < 1.29 is 24.2 Å². The van der Waals surface area contributed by atoms with Gasteiger partial charge in [0, 0.05) is 82.2 Å². The number of aliphatic hydroxyl groups excluding tert-OH is 1. The van der Waals surface area contributed by atoms with Crippen molar-refractivity contribution in [2.45, 2.75) is 192 Å². The number of piperazine rings is 1. The summed E-state index contributed by atoms with van der Waals surface area (Å²) in [5.74, 6) is 1.44. The molecule has 0 bridgehead atoms. The molecule has 0 aromatic heterocycles. The van der Waals surface area contributed by atoms with Gasteiger partial charge in [0.05, 0.1) is 23.5 Å². The van der Waals surface area contributed by atoms with Crippen molar-refractivity contribution >= 4 is 23.4 Å². The number of β-amino-alcohol motifs (C(OH)–C–C–N with tert-alkyl or cyclic N) is 1. The van der Waals surface area contributed by atoms with Crippen molar-refractivity contribution in [1.29, 1.82) is 0 Å². The van der Waals surface area contributed by atoms with Crippen LogP contribution in [0, 0.1) is 23.2 Å². The summed E-state index contributed by atoms with van der Waals surface area (Å²) in [7, 11) is 0. The quantitative estimate of drug-likeness (QED) is 0.142. The minimum absolute atomic E-state index is 0.00207. The summed E-state index contributed by atoms with van der Waals surface area (Å²) in [5.41, 5.74) is 2.09. The van der Waals surface area contributed by atoms with Crippen molar-refractivity contribution in [1.82, 2.24) is 36.0 Å². The van der Waals surface area contributed by atoms with E-state index in [1.807, 2.05) is 24.8 Å². The Morgan fingerprint density at radius 1 is 0.906 bits per heavy atom. The van der Waals surface area contributed by atoms with E-state index < -0.39 is 6.10 Å². The molecule has 3 saturated heterocycles. The van der Waals surface area contributed by atoms with Gasteiger partial charge in [0.1, 0.15) is 24.7 Å². The van der Waals surface area contributed by atoms with E-state index >= 15 is 0 Å². The number of hydrogen-bond acceptors (Lipinski definition) is 10. The number of piperidine rings is 1. The molecule has 1 spiro atoms. The largest absolute Gasteiger partial charge is 0.489 e. The van der Waals surface area contributed by atoms with Gasteiger partial charge in [0.2, 0.25) is 11.8 Å². The van der Waals surface area contributed by atoms with Gasteiger partial charge >= 0.3 is 0 Å². The molecule has 5 unspecified atom stereocenters. The van der Waals surface area contributed by atoms with Gasteiger partial charge < -0.3 is 24.8 Å². The topological polar surface area (TPSA) is 131 Å². The van der Waals surface area contributed by atoms with Crippen LogP contribution in [0.25, 0.3) is 0 Å². The Labute approximate surface area is 390 Å². The Balaban J connectivity index is 0.875. The molecule has 3 saturated carbocycles. The van der Waals surface area contributed by atoms with Crippen LogP contribution in [0.2, 0.25) is 5.02 Å². The molecule has 4 heterocycles. The molecular formula is C51H84ClN7O5. The fourth-order valence-corrected chi connectivity index (χ4v) is 12.8. The number of aliphatic hydroxyl groups is 1. The molecule has 8 rings (SSSR count). The lowest BCUT2D eigenvalue weighted by Crippen LogP contribution is -2.72. The summed E-state index contributed by atoms with van der Waals surface area (Å²) in [6.45, 7) is 10.5. The third-order valence-electron chi connectivity index (χ3n) is 16.5. The summed E-state index contributed by atoms with van der Waals surface area (Å²) in [5, 5.41) is 27.4. The molecule has 6 fully saturated rings. The van der Waals surface area contributed by atoms with E-state index in [1.165, 1.54) is 102 Å². The smallest absolute Gasteiger partial charge is 0.225 e. The molecule has 64 heavy (non-hydrogen) atoms. The second-order valence-electron chi connectivity index (χ2n) is 21.3. The normalized spacial score (nSPS) is 30.0. The zero-order valence-corrected chi connectivity index (χ0v) is 40.3. The van der Waals surface area contributed by atoms with Crippen molar-refractivity contribution in [3.63, 3.8) is 0 Å². The number of amides is 2. The molecule has 2 amide bonds. The van der Waals surface area contributed by atoms with Gasteiger partial charge in [0.15, 0.2) is 0 Å². The molecule has 360 valence electrons. The van der Waals surface area contributed by atoms with E-state index in [1.54, 1.807) is 0 Å². The number of halogens is 1. The van der Waals surface area contributed by atoms with Crippen LogP contribution in [0.15, 0.2) is 12.1 Å². The van der Waals surface area contributed by atoms with Crippen LogP contribution < -0.4 is 26.0 Å². The average Bonchev–Trinajstić information content (AvgIpc) is 3.75. The summed E-state index contributed by atoms with van der Waals surface area (Å²) >= 11 is 7.02. The monoisotopic (exact) mass is 910 g/mol. The number of rotatable bonds is 13. The number of hydrogen-bond donors (Lipinski definition) is 5. The van der Waals surface area contributed by atoms with E-state index in [4.69, 9.17) is 21.1 Å². The third kappa shape index (κ3) is 12.2. The lowest BCUT2D eigenvalue weighted by atomic mass is 9.61. The molecule has 13 heteroatoms. The maximum absolute atomic E-state index is 14.9. The van der Waals surface area contributed by atoms with Crippen LogP contribution in [0.3, 0.4) is 0 Å². The van der Waals surface area contributed by atoms with Crippen molar-refractivity contribution in [2.75, 3.05) is 59.0 Å². The van der Waals surface area contributed by atoms with Gasteiger partial charge in [-0.2, -0.15) is 0 Å². The van der Waals surface area contributed by atoms with Gasteiger partial charge in [0.25, 0.3) is 0 Å². The average molecular weight is 911 g/mol. The minimum Gasteiger partial charge on any atom is -0.489 e. The zero-order valence-electron chi connectivity index (χ0n) is 39.6. The van der Waals surface area contributed by atoms with E-state index in [2.05, 4.69) is 37.1 Å². The summed E-state index contributed by atoms with van der Waals surface area (Å²) in [6, 6.07) is 4.61. The Bertz CT molecular complexity index is 1640. The van der Waals surface area contributed by atoms with Crippen LogP contribution in [-0.2, 0) is 27.3 Å². The van der Waals surface area contributed by atoms with E-state index in [0.29, 0.717) is 36.7 Å². The molecule has 4 aliphatic heterocycles. The lowest BCUT2D eigenvalue weighted by molar-refractivity contribution is -0.141. The number of ether oxygens (including phenoxy) is 2. The standard InChI is InChI=1S/C51H84ClN7O5/c1-36(2)49(62)59-28-26-58(27-29-59)45-30-43(51(50(56-45)55-39-18-15-19-39)23-13-9-4-3-5-10-14-24-51)47(61)53-31-40(60)34-57-25-22-42-38(33-57)20-21-44(46(42)52)63-35-41-32-54-48(64-41)37-16-11-7-6-8-12-17-37/h20-21,36-37,39-41,43,45,48,50,54-56,60H,3-19,22-35H2,1-2H3,(H,53,61)/t40-,41?,43?,45?,48?,50?/m0/s1. The molecule has 0 radical (unpaired) electrons.